The smallest absolute Gasteiger partial charge is 0.303 e. The van der Waals surface area contributed by atoms with Crippen LogP contribution in [0.1, 0.15) is 25.5 Å². The molecule has 1 unspecified atom stereocenters. The molecule has 0 spiro atoms. The summed E-state index contributed by atoms with van der Waals surface area (Å²) in [6, 6.07) is 9.41. The molecule has 2 aromatic rings. The number of nitrogens with one attached hydrogen (secondary N) is 1. The number of benzene rings is 1. The van der Waals surface area contributed by atoms with E-state index in [2.05, 4.69) is 10.3 Å². The minimum Gasteiger partial charge on any atom is -0.481 e. The van der Waals surface area contributed by atoms with Crippen molar-refractivity contribution in [2.24, 2.45) is 5.92 Å². The van der Waals surface area contributed by atoms with Gasteiger partial charge in [-0.1, -0.05) is 25.1 Å². The van der Waals surface area contributed by atoms with Crippen LogP contribution in [0, 0.1) is 12.8 Å². The van der Waals surface area contributed by atoms with Gasteiger partial charge >= 0.3 is 5.97 Å². The molecule has 0 saturated carbocycles. The van der Waals surface area contributed by atoms with Crippen LogP contribution in [0.2, 0.25) is 0 Å². The maximum atomic E-state index is 12.0. The zero-order valence-electron chi connectivity index (χ0n) is 12.1. The van der Waals surface area contributed by atoms with Crippen LogP contribution in [-0.2, 0) is 9.59 Å². The third-order valence-corrected chi connectivity index (χ3v) is 3.18. The monoisotopic (exact) mass is 286 g/mol. The second-order valence-electron chi connectivity index (χ2n) is 5.28. The highest BCUT2D eigenvalue weighted by Crippen LogP contribution is 2.23. The summed E-state index contributed by atoms with van der Waals surface area (Å²) in [4.78, 5) is 27.1. The molecule has 0 fully saturated rings. The van der Waals surface area contributed by atoms with Crippen LogP contribution in [0.3, 0.4) is 0 Å². The Hall–Kier alpha value is -2.43. The molecule has 0 aliphatic carbocycles. The highest BCUT2D eigenvalue weighted by molar-refractivity contribution is 6.01. The normalized spacial score (nSPS) is 12.1. The number of anilines is 1. The Balaban J connectivity index is 2.16. The fraction of sp³-hybridized carbons (Fsp3) is 0.312. The second-order valence-corrected chi connectivity index (χ2v) is 5.28. The molecule has 110 valence electrons. The van der Waals surface area contributed by atoms with Crippen molar-refractivity contribution in [2.75, 3.05) is 5.32 Å². The van der Waals surface area contributed by atoms with Crippen LogP contribution in [0.5, 0.6) is 0 Å². The summed E-state index contributed by atoms with van der Waals surface area (Å²) >= 11 is 0. The summed E-state index contributed by atoms with van der Waals surface area (Å²) in [7, 11) is 0. The highest BCUT2D eigenvalue weighted by atomic mass is 16.4. The molecule has 1 aromatic carbocycles. The fourth-order valence-corrected chi connectivity index (χ4v) is 2.30. The number of aliphatic carboxylic acids is 1. The summed E-state index contributed by atoms with van der Waals surface area (Å²) in [5, 5.41) is 12.5. The van der Waals surface area contributed by atoms with Gasteiger partial charge in [-0.3, -0.25) is 14.6 Å². The van der Waals surface area contributed by atoms with Crippen molar-refractivity contribution in [1.29, 1.82) is 0 Å². The SMILES string of the molecule is Cc1cc(NC(=O)CC(C)CC(=O)O)c2ccccc2n1. The minimum atomic E-state index is -0.888. The number of nitrogens with zero attached hydrogens (tertiary/aromatic N) is 1. The van der Waals surface area contributed by atoms with E-state index in [9.17, 15) is 9.59 Å². The van der Waals surface area contributed by atoms with Crippen molar-refractivity contribution in [3.8, 4) is 0 Å². The minimum absolute atomic E-state index is 0.0104. The third kappa shape index (κ3) is 4.02. The summed E-state index contributed by atoms with van der Waals surface area (Å²) in [6.45, 7) is 3.62. The van der Waals surface area contributed by atoms with E-state index in [4.69, 9.17) is 5.11 Å². The lowest BCUT2D eigenvalue weighted by Crippen LogP contribution is -2.17. The molecule has 21 heavy (non-hydrogen) atoms. The number of para-hydroxylation sites is 1. The molecule has 1 atom stereocenters. The van der Waals surface area contributed by atoms with E-state index in [0.29, 0.717) is 5.69 Å². The Labute approximate surface area is 123 Å². The predicted molar refractivity (Wildman–Crippen MR) is 81.1 cm³/mol. The van der Waals surface area contributed by atoms with Gasteiger partial charge in [-0.2, -0.15) is 0 Å². The van der Waals surface area contributed by atoms with Gasteiger partial charge in [0.1, 0.15) is 0 Å². The Bertz CT molecular complexity index is 682. The molecule has 1 aromatic heterocycles. The molecule has 1 heterocycles. The van der Waals surface area contributed by atoms with Crippen LogP contribution in [0.15, 0.2) is 30.3 Å². The van der Waals surface area contributed by atoms with Gasteiger partial charge in [0.25, 0.3) is 0 Å². The van der Waals surface area contributed by atoms with E-state index in [1.807, 2.05) is 37.3 Å². The predicted octanol–water partition coefficient (Wildman–Crippen LogP) is 2.98. The van der Waals surface area contributed by atoms with Gasteiger partial charge in [0, 0.05) is 23.9 Å². The van der Waals surface area contributed by atoms with Crippen molar-refractivity contribution >= 4 is 28.5 Å². The van der Waals surface area contributed by atoms with Gasteiger partial charge < -0.3 is 10.4 Å². The van der Waals surface area contributed by atoms with Crippen LogP contribution in [0.4, 0.5) is 5.69 Å². The molecule has 0 aliphatic rings. The van der Waals surface area contributed by atoms with Gasteiger partial charge in [-0.05, 0) is 25.0 Å². The lowest BCUT2D eigenvalue weighted by Gasteiger charge is -2.12. The van der Waals surface area contributed by atoms with E-state index in [1.54, 1.807) is 6.92 Å². The molecule has 5 nitrogen and oxygen atoms in total. The Morgan fingerprint density at radius 1 is 1.29 bits per heavy atom. The van der Waals surface area contributed by atoms with E-state index in [-0.39, 0.29) is 24.7 Å². The summed E-state index contributed by atoms with van der Waals surface area (Å²) in [5.74, 6) is -1.27. The number of hydrogen-bond acceptors (Lipinski definition) is 3. The van der Waals surface area contributed by atoms with E-state index in [0.717, 1.165) is 16.6 Å². The Morgan fingerprint density at radius 3 is 2.71 bits per heavy atom. The third-order valence-electron chi connectivity index (χ3n) is 3.18. The largest absolute Gasteiger partial charge is 0.481 e. The number of carboxylic acid groups (broad SMARTS) is 1. The summed E-state index contributed by atoms with van der Waals surface area (Å²) in [6.07, 6.45) is 0.172. The molecule has 2 rings (SSSR count). The van der Waals surface area contributed by atoms with Gasteiger partial charge in [0.2, 0.25) is 5.91 Å². The fourth-order valence-electron chi connectivity index (χ4n) is 2.30. The quantitative estimate of drug-likeness (QED) is 0.885. The van der Waals surface area contributed by atoms with Crippen molar-refractivity contribution in [3.05, 3.63) is 36.0 Å². The second kappa shape index (κ2) is 6.35. The molecular formula is C16H18N2O3. The molecule has 0 saturated heterocycles. The molecule has 5 heteroatoms. The van der Waals surface area contributed by atoms with Crippen LogP contribution in [-0.4, -0.2) is 22.0 Å². The number of hydrogen-bond donors (Lipinski definition) is 2. The summed E-state index contributed by atoms with van der Waals surface area (Å²) < 4.78 is 0. The van der Waals surface area contributed by atoms with Gasteiger partial charge in [0.05, 0.1) is 11.2 Å². The average Bonchev–Trinajstić information content (AvgIpc) is 2.37. The van der Waals surface area contributed by atoms with Gasteiger partial charge in [0.15, 0.2) is 0 Å². The van der Waals surface area contributed by atoms with E-state index in [1.165, 1.54) is 0 Å². The Morgan fingerprint density at radius 2 is 2.00 bits per heavy atom. The number of aryl methyl sites for hydroxylation is 1. The van der Waals surface area contributed by atoms with Crippen LogP contribution >= 0.6 is 0 Å². The maximum absolute atomic E-state index is 12.0. The number of carboxylic acids is 1. The summed E-state index contributed by atoms with van der Waals surface area (Å²) in [5.41, 5.74) is 2.36. The first-order valence-corrected chi connectivity index (χ1v) is 6.83. The van der Waals surface area contributed by atoms with Gasteiger partial charge in [-0.25, -0.2) is 0 Å². The lowest BCUT2D eigenvalue weighted by atomic mass is 10.0. The first-order valence-electron chi connectivity index (χ1n) is 6.83. The van der Waals surface area contributed by atoms with E-state index >= 15 is 0 Å². The van der Waals surface area contributed by atoms with E-state index < -0.39 is 5.97 Å². The van der Waals surface area contributed by atoms with Crippen LogP contribution < -0.4 is 5.32 Å². The first kappa shape index (κ1) is 15.0. The molecule has 0 radical (unpaired) electrons. The number of carbonyl (C=O) groups excluding carboxylic acids is 1. The zero-order valence-corrected chi connectivity index (χ0v) is 12.1. The van der Waals surface area contributed by atoms with Crippen molar-refractivity contribution in [3.63, 3.8) is 0 Å². The maximum Gasteiger partial charge on any atom is 0.303 e. The number of fused-ring (bicyclic) bond motifs is 1. The molecule has 1 amide bonds. The number of aromatic nitrogens is 1. The standard InChI is InChI=1S/C16H18N2O3/c1-10(8-16(20)21)7-15(19)18-14-9-11(2)17-13-6-4-3-5-12(13)14/h3-6,9-10H,7-8H2,1-2H3,(H,20,21)(H,17,18,19). The highest BCUT2D eigenvalue weighted by Gasteiger charge is 2.14. The molecule has 2 N–H and O–H groups in total. The Kier molecular flexibility index (Phi) is 4.52. The van der Waals surface area contributed by atoms with Crippen LogP contribution in [0.25, 0.3) is 10.9 Å². The molecule has 0 bridgehead atoms. The molecule has 0 aliphatic heterocycles. The average molecular weight is 286 g/mol. The topological polar surface area (TPSA) is 79.3 Å². The number of carbonyl (C=O) groups is 2. The first-order chi connectivity index (χ1) is 9.95. The van der Waals surface area contributed by atoms with Gasteiger partial charge in [-0.15, -0.1) is 0 Å². The zero-order chi connectivity index (χ0) is 15.4. The lowest BCUT2D eigenvalue weighted by molar-refractivity contribution is -0.138. The van der Waals surface area contributed by atoms with Crippen molar-refractivity contribution in [2.45, 2.75) is 26.7 Å². The number of amides is 1. The van der Waals surface area contributed by atoms with Crippen molar-refractivity contribution in [1.82, 2.24) is 4.98 Å². The molecular weight excluding hydrogens is 268 g/mol. The number of rotatable bonds is 5. The van der Waals surface area contributed by atoms with Crippen molar-refractivity contribution < 1.29 is 14.7 Å². The number of pyridine rings is 1.